The predicted octanol–water partition coefficient (Wildman–Crippen LogP) is 3.14. The Morgan fingerprint density at radius 2 is 1.90 bits per heavy atom. The monoisotopic (exact) mass is 353 g/mol. The maximum absolute atomic E-state index is 14.2. The third-order valence-corrected chi connectivity index (χ3v) is 4.02. The van der Waals surface area contributed by atoms with Crippen molar-refractivity contribution in [3.8, 4) is 5.69 Å². The second-order valence-electron chi connectivity index (χ2n) is 4.75. The summed E-state index contributed by atoms with van der Waals surface area (Å²) >= 11 is 3.23. The molecule has 0 aliphatic rings. The fourth-order valence-corrected chi connectivity index (χ4v) is 2.49. The zero-order chi connectivity index (χ0) is 15.3. The number of fused-ring (bicyclic) bond motifs is 1. The van der Waals surface area contributed by atoms with Gasteiger partial charge >= 0.3 is 0 Å². The number of hydrogen-bond acceptors (Lipinski definition) is 2. The van der Waals surface area contributed by atoms with Crippen LogP contribution in [0.2, 0.25) is 0 Å². The summed E-state index contributed by atoms with van der Waals surface area (Å²) in [6.07, 6.45) is 1.45. The SMILES string of the molecule is Cc1cn2c(F)cc(=O)n(-c3cc(C)c(Br)cc3F)c2n1. The molecule has 0 amide bonds. The van der Waals surface area contributed by atoms with E-state index in [2.05, 4.69) is 20.9 Å². The molecule has 2 aromatic heterocycles. The lowest BCUT2D eigenvalue weighted by Gasteiger charge is -2.11. The molecule has 0 aliphatic heterocycles. The van der Waals surface area contributed by atoms with E-state index in [1.54, 1.807) is 13.8 Å². The number of rotatable bonds is 1. The molecule has 108 valence electrons. The molecule has 21 heavy (non-hydrogen) atoms. The lowest BCUT2D eigenvalue weighted by atomic mass is 10.2. The molecule has 0 saturated heterocycles. The first-order valence-electron chi connectivity index (χ1n) is 6.12. The van der Waals surface area contributed by atoms with E-state index in [0.717, 1.165) is 20.6 Å². The Labute approximate surface area is 126 Å². The largest absolute Gasteiger partial charge is 0.269 e. The van der Waals surface area contributed by atoms with Gasteiger partial charge in [0, 0.05) is 10.7 Å². The Morgan fingerprint density at radius 3 is 2.62 bits per heavy atom. The van der Waals surface area contributed by atoms with Crippen molar-refractivity contribution in [3.05, 3.63) is 62.2 Å². The summed E-state index contributed by atoms with van der Waals surface area (Å²) in [6.45, 7) is 3.44. The van der Waals surface area contributed by atoms with E-state index in [1.165, 1.54) is 18.3 Å². The van der Waals surface area contributed by atoms with Gasteiger partial charge < -0.3 is 0 Å². The standard InChI is InChI=1S/C14H10BrF2N3O/c1-7-3-11(10(16)4-9(7)15)20-13(21)5-12(17)19-6-8(2)18-14(19)20/h3-6H,1-2H3. The first-order chi connectivity index (χ1) is 9.88. The van der Waals surface area contributed by atoms with E-state index in [9.17, 15) is 13.6 Å². The Morgan fingerprint density at radius 1 is 1.19 bits per heavy atom. The van der Waals surface area contributed by atoms with E-state index in [0.29, 0.717) is 10.2 Å². The minimum absolute atomic E-state index is 0.0382. The molecule has 2 heterocycles. The van der Waals surface area contributed by atoms with Crippen LogP contribution in [0.3, 0.4) is 0 Å². The zero-order valence-corrected chi connectivity index (χ0v) is 12.8. The van der Waals surface area contributed by atoms with Crippen LogP contribution < -0.4 is 5.56 Å². The van der Waals surface area contributed by atoms with Crippen LogP contribution in [-0.4, -0.2) is 14.0 Å². The molecule has 3 rings (SSSR count). The van der Waals surface area contributed by atoms with Crippen molar-refractivity contribution in [2.75, 3.05) is 0 Å². The van der Waals surface area contributed by atoms with Crippen LogP contribution in [-0.2, 0) is 0 Å². The maximum atomic E-state index is 14.2. The molecule has 1 aromatic carbocycles. The molecule has 7 heteroatoms. The second-order valence-corrected chi connectivity index (χ2v) is 5.60. The van der Waals surface area contributed by atoms with Crippen LogP contribution in [0.4, 0.5) is 8.78 Å². The average Bonchev–Trinajstić information content (AvgIpc) is 2.77. The Kier molecular flexibility index (Phi) is 3.16. The van der Waals surface area contributed by atoms with Crippen LogP contribution in [0.5, 0.6) is 0 Å². The Bertz CT molecular complexity index is 930. The molecule has 0 fully saturated rings. The van der Waals surface area contributed by atoms with Crippen LogP contribution in [0, 0.1) is 25.6 Å². The summed E-state index contributed by atoms with van der Waals surface area (Å²) in [6, 6.07) is 3.60. The molecule has 0 spiro atoms. The fraction of sp³-hybridized carbons (Fsp3) is 0.143. The van der Waals surface area contributed by atoms with Gasteiger partial charge in [0.1, 0.15) is 5.82 Å². The van der Waals surface area contributed by atoms with Gasteiger partial charge in [-0.15, -0.1) is 0 Å². The van der Waals surface area contributed by atoms with Gasteiger partial charge in [0.05, 0.1) is 17.4 Å². The third kappa shape index (κ3) is 2.17. The van der Waals surface area contributed by atoms with E-state index < -0.39 is 17.3 Å². The Hall–Kier alpha value is -2.02. The normalized spacial score (nSPS) is 11.3. The van der Waals surface area contributed by atoms with Crippen molar-refractivity contribution in [1.29, 1.82) is 0 Å². The van der Waals surface area contributed by atoms with Gasteiger partial charge in [-0.25, -0.2) is 13.9 Å². The molecule has 0 N–H and O–H groups in total. The van der Waals surface area contributed by atoms with Gasteiger partial charge in [0.25, 0.3) is 5.56 Å². The smallest absolute Gasteiger partial charge is 0.262 e. The summed E-state index contributed by atoms with van der Waals surface area (Å²) in [5.74, 6) is -1.29. The molecular formula is C14H10BrF2N3O. The van der Waals surface area contributed by atoms with Crippen LogP contribution in [0.1, 0.15) is 11.3 Å². The molecule has 0 aliphatic carbocycles. The highest BCUT2D eigenvalue weighted by Crippen LogP contribution is 2.23. The van der Waals surface area contributed by atoms with E-state index in [-0.39, 0.29) is 11.5 Å². The topological polar surface area (TPSA) is 39.3 Å². The van der Waals surface area contributed by atoms with Crippen LogP contribution >= 0.6 is 15.9 Å². The summed E-state index contributed by atoms with van der Waals surface area (Å²) < 4.78 is 30.8. The van der Waals surface area contributed by atoms with Crippen LogP contribution in [0.25, 0.3) is 11.5 Å². The van der Waals surface area contributed by atoms with Gasteiger partial charge in [0.2, 0.25) is 11.7 Å². The van der Waals surface area contributed by atoms with Gasteiger partial charge in [-0.1, -0.05) is 15.9 Å². The number of imidazole rings is 1. The lowest BCUT2D eigenvalue weighted by Crippen LogP contribution is -2.22. The average molecular weight is 354 g/mol. The number of halogens is 3. The van der Waals surface area contributed by atoms with Crippen molar-refractivity contribution in [3.63, 3.8) is 0 Å². The summed E-state index contributed by atoms with van der Waals surface area (Å²) in [4.78, 5) is 16.2. The minimum atomic E-state index is -0.735. The molecule has 0 unspecified atom stereocenters. The first kappa shape index (κ1) is 13.9. The highest BCUT2D eigenvalue weighted by atomic mass is 79.9. The van der Waals surface area contributed by atoms with Gasteiger partial charge in [-0.3, -0.25) is 9.20 Å². The number of nitrogens with zero attached hydrogens (tertiary/aromatic N) is 3. The number of hydrogen-bond donors (Lipinski definition) is 0. The molecule has 0 saturated carbocycles. The zero-order valence-electron chi connectivity index (χ0n) is 11.2. The van der Waals surface area contributed by atoms with E-state index >= 15 is 0 Å². The minimum Gasteiger partial charge on any atom is -0.269 e. The van der Waals surface area contributed by atoms with E-state index in [1.807, 2.05) is 0 Å². The van der Waals surface area contributed by atoms with Gasteiger partial charge in [0.15, 0.2) is 0 Å². The quantitative estimate of drug-likeness (QED) is 0.630. The third-order valence-electron chi connectivity index (χ3n) is 3.17. The van der Waals surface area contributed by atoms with Crippen molar-refractivity contribution in [2.45, 2.75) is 13.8 Å². The summed E-state index contributed by atoms with van der Waals surface area (Å²) in [5.41, 5.74) is 0.647. The van der Waals surface area contributed by atoms with E-state index in [4.69, 9.17) is 0 Å². The Balaban J connectivity index is 2.46. The molecule has 3 aromatic rings. The van der Waals surface area contributed by atoms with Crippen molar-refractivity contribution in [2.24, 2.45) is 0 Å². The summed E-state index contributed by atoms with van der Waals surface area (Å²) in [7, 11) is 0. The first-order valence-corrected chi connectivity index (χ1v) is 6.91. The van der Waals surface area contributed by atoms with Crippen molar-refractivity contribution >= 4 is 21.7 Å². The van der Waals surface area contributed by atoms with Gasteiger partial charge in [-0.05, 0) is 31.5 Å². The highest BCUT2D eigenvalue weighted by molar-refractivity contribution is 9.10. The predicted molar refractivity (Wildman–Crippen MR) is 77.9 cm³/mol. The molecular weight excluding hydrogens is 344 g/mol. The fourth-order valence-electron chi connectivity index (χ4n) is 2.17. The lowest BCUT2D eigenvalue weighted by molar-refractivity contribution is 0.554. The number of aromatic nitrogens is 3. The summed E-state index contributed by atoms with van der Waals surface area (Å²) in [5, 5.41) is 0. The van der Waals surface area contributed by atoms with Crippen LogP contribution in [0.15, 0.2) is 33.7 Å². The molecule has 4 nitrogen and oxygen atoms in total. The molecule has 0 bridgehead atoms. The van der Waals surface area contributed by atoms with Crippen molar-refractivity contribution in [1.82, 2.24) is 14.0 Å². The molecule has 0 radical (unpaired) electrons. The number of benzene rings is 1. The highest BCUT2D eigenvalue weighted by Gasteiger charge is 2.16. The molecule has 0 atom stereocenters. The second kappa shape index (κ2) is 4.77. The van der Waals surface area contributed by atoms with Crippen molar-refractivity contribution < 1.29 is 8.78 Å². The maximum Gasteiger partial charge on any atom is 0.262 e. The van der Waals surface area contributed by atoms with Gasteiger partial charge in [-0.2, -0.15) is 4.39 Å². The number of aryl methyl sites for hydroxylation is 2.